The molecule has 0 fully saturated rings. The predicted octanol–water partition coefficient (Wildman–Crippen LogP) is 13.1. The molecule has 0 saturated heterocycles. The van der Waals surface area contributed by atoms with Crippen LogP contribution in [0.2, 0.25) is 0 Å². The van der Waals surface area contributed by atoms with Crippen molar-refractivity contribution in [1.29, 1.82) is 0 Å². The van der Waals surface area contributed by atoms with Gasteiger partial charge in [0.1, 0.15) is 11.5 Å². The lowest BCUT2D eigenvalue weighted by atomic mass is 9.80. The maximum Gasteiger partial charge on any atom is 0.233 e. The first-order chi connectivity index (χ1) is 30.7. The average molecular weight is 825 g/mol. The highest BCUT2D eigenvalue weighted by Gasteiger charge is 2.40. The second kappa shape index (κ2) is 17.9. The summed E-state index contributed by atoms with van der Waals surface area (Å²) in [5.74, 6) is -0.667. The van der Waals surface area contributed by atoms with E-state index in [0.29, 0.717) is 22.3 Å². The van der Waals surface area contributed by atoms with Crippen LogP contribution in [-0.4, -0.2) is 30.2 Å². The van der Waals surface area contributed by atoms with Gasteiger partial charge in [-0.15, -0.1) is 0 Å². The van der Waals surface area contributed by atoms with E-state index in [-0.39, 0.29) is 0 Å². The predicted molar refractivity (Wildman–Crippen MR) is 251 cm³/mol. The normalized spacial score (nSPS) is 12.4. The van der Waals surface area contributed by atoms with Gasteiger partial charge in [0.15, 0.2) is 5.60 Å². The van der Waals surface area contributed by atoms with Gasteiger partial charge in [0, 0.05) is 49.7 Å². The molecular formula is C57H44O6. The third-order valence-electron chi connectivity index (χ3n) is 11.4. The summed E-state index contributed by atoms with van der Waals surface area (Å²) in [5, 5.41) is 1.88. The van der Waals surface area contributed by atoms with Gasteiger partial charge in [-0.3, -0.25) is 19.2 Å². The van der Waals surface area contributed by atoms with Gasteiger partial charge in [-0.1, -0.05) is 196 Å². The van der Waals surface area contributed by atoms with Crippen molar-refractivity contribution < 1.29 is 28.7 Å². The molecule has 1 heterocycles. The van der Waals surface area contributed by atoms with Crippen molar-refractivity contribution in [2.45, 2.75) is 26.4 Å². The fourth-order valence-corrected chi connectivity index (χ4v) is 8.06. The zero-order valence-electron chi connectivity index (χ0n) is 35.4. The lowest BCUT2D eigenvalue weighted by Gasteiger charge is -2.38. The Labute approximate surface area is 367 Å². The van der Waals surface area contributed by atoms with E-state index >= 15 is 0 Å². The van der Waals surface area contributed by atoms with E-state index in [9.17, 15) is 19.2 Å². The second-order valence-electron chi connectivity index (χ2n) is 15.0. The van der Waals surface area contributed by atoms with Crippen LogP contribution in [0.15, 0.2) is 194 Å². The van der Waals surface area contributed by atoms with E-state index in [2.05, 4.69) is 43.3 Å². The summed E-state index contributed by atoms with van der Waals surface area (Å²) >= 11 is 0. The lowest BCUT2D eigenvalue weighted by Crippen LogP contribution is -2.35. The number of ketones is 4. The summed E-state index contributed by atoms with van der Waals surface area (Å²) in [4.78, 5) is 51.7. The highest BCUT2D eigenvalue weighted by atomic mass is 16.5. The molecule has 0 aromatic heterocycles. The summed E-state index contributed by atoms with van der Waals surface area (Å²) in [6.45, 7) is 6.09. The van der Waals surface area contributed by atoms with Crippen molar-refractivity contribution in [1.82, 2.24) is 0 Å². The van der Waals surface area contributed by atoms with Crippen LogP contribution >= 0.6 is 0 Å². The largest absolute Gasteiger partial charge is 0.496 e. The van der Waals surface area contributed by atoms with E-state index < -0.39 is 28.7 Å². The molecule has 9 rings (SSSR count). The molecule has 8 aromatic carbocycles. The van der Waals surface area contributed by atoms with Crippen LogP contribution in [0.1, 0.15) is 78.9 Å². The standard InChI is InChI=1S/C55H38O6.C2H6/c1-35-34-55(61-54-47-16-10-9-15-46(47)49(60-2)33-48(35)54,44-29-25-38(26-30-44)36-17-21-42(22-18-36)52(58)50(56)40-11-5-3-6-12-40)45-31-27-39(28-32-45)37-19-23-43(24-20-37)53(59)51(57)41-13-7-4-8-14-41;1-2/h3-34H,1-2H3;1-2H3. The number of allylic oxidation sites excluding steroid dienone is 1. The molecule has 1 aliphatic heterocycles. The first-order valence-corrected chi connectivity index (χ1v) is 20.9. The van der Waals surface area contributed by atoms with E-state index in [1.54, 1.807) is 79.9 Å². The molecule has 0 unspecified atom stereocenters. The van der Waals surface area contributed by atoms with Crippen molar-refractivity contribution in [2.24, 2.45) is 0 Å². The summed E-state index contributed by atoms with van der Waals surface area (Å²) in [7, 11) is 1.68. The van der Waals surface area contributed by atoms with Gasteiger partial charge >= 0.3 is 0 Å². The number of hydrogen-bond donors (Lipinski definition) is 0. The van der Waals surface area contributed by atoms with E-state index in [1.165, 1.54) is 0 Å². The Kier molecular flexibility index (Phi) is 11.9. The topological polar surface area (TPSA) is 86.7 Å². The average Bonchev–Trinajstić information content (AvgIpc) is 3.36. The molecule has 308 valence electrons. The number of carbonyl (C=O) groups excluding carboxylic acids is 4. The van der Waals surface area contributed by atoms with Crippen molar-refractivity contribution in [3.63, 3.8) is 0 Å². The van der Waals surface area contributed by atoms with Gasteiger partial charge in [-0.2, -0.15) is 0 Å². The third kappa shape index (κ3) is 8.03. The summed E-state index contributed by atoms with van der Waals surface area (Å²) in [5.41, 5.74) is 7.78. The van der Waals surface area contributed by atoms with Crippen LogP contribution in [-0.2, 0) is 5.60 Å². The Morgan fingerprint density at radius 1 is 0.444 bits per heavy atom. The molecule has 0 saturated carbocycles. The van der Waals surface area contributed by atoms with Crippen LogP contribution < -0.4 is 9.47 Å². The minimum absolute atomic E-state index is 0.331. The van der Waals surface area contributed by atoms with Crippen molar-refractivity contribution >= 4 is 39.5 Å². The van der Waals surface area contributed by atoms with Crippen LogP contribution in [0.3, 0.4) is 0 Å². The monoisotopic (exact) mass is 824 g/mol. The van der Waals surface area contributed by atoms with Gasteiger partial charge in [0.25, 0.3) is 0 Å². The summed E-state index contributed by atoms with van der Waals surface area (Å²) < 4.78 is 13.1. The Hall–Kier alpha value is -7.96. The number of rotatable bonds is 11. The molecule has 0 N–H and O–H groups in total. The summed E-state index contributed by atoms with van der Waals surface area (Å²) in [6, 6.07) is 57.8. The summed E-state index contributed by atoms with van der Waals surface area (Å²) in [6.07, 6.45) is 2.15. The van der Waals surface area contributed by atoms with Gasteiger partial charge in [0.2, 0.25) is 23.1 Å². The van der Waals surface area contributed by atoms with Gasteiger partial charge in [-0.25, -0.2) is 0 Å². The minimum atomic E-state index is -1.03. The smallest absolute Gasteiger partial charge is 0.233 e. The zero-order valence-corrected chi connectivity index (χ0v) is 35.4. The Bertz CT molecular complexity index is 2850. The fourth-order valence-electron chi connectivity index (χ4n) is 8.06. The maximum absolute atomic E-state index is 13.0. The van der Waals surface area contributed by atoms with Gasteiger partial charge in [0.05, 0.1) is 7.11 Å². The molecule has 6 heteroatoms. The number of Topliss-reactive ketones (excluding diaryl/α,β-unsaturated/α-hetero) is 4. The van der Waals surface area contributed by atoms with Crippen LogP contribution in [0.5, 0.6) is 11.5 Å². The molecular weight excluding hydrogens is 781 g/mol. The Morgan fingerprint density at radius 2 is 0.794 bits per heavy atom. The quantitative estimate of drug-likeness (QED) is 0.0954. The lowest BCUT2D eigenvalue weighted by molar-refractivity contribution is 0.0817. The minimum Gasteiger partial charge on any atom is -0.496 e. The van der Waals surface area contributed by atoms with Crippen molar-refractivity contribution in [2.75, 3.05) is 7.11 Å². The molecule has 1 aliphatic rings. The van der Waals surface area contributed by atoms with Gasteiger partial charge in [-0.05, 0) is 46.9 Å². The highest BCUT2D eigenvalue weighted by molar-refractivity contribution is 6.49. The number of methoxy groups -OCH3 is 1. The first-order valence-electron chi connectivity index (χ1n) is 20.9. The number of benzene rings is 8. The Morgan fingerprint density at radius 3 is 1.19 bits per heavy atom. The molecule has 0 amide bonds. The highest BCUT2D eigenvalue weighted by Crippen LogP contribution is 2.50. The van der Waals surface area contributed by atoms with E-state index in [0.717, 1.165) is 66.8 Å². The second-order valence-corrected chi connectivity index (χ2v) is 15.0. The van der Waals surface area contributed by atoms with Crippen LogP contribution in [0.25, 0.3) is 38.6 Å². The van der Waals surface area contributed by atoms with Crippen molar-refractivity contribution in [3.8, 4) is 33.8 Å². The molecule has 63 heavy (non-hydrogen) atoms. The first kappa shape index (κ1) is 41.8. The molecule has 8 aromatic rings. The molecule has 0 bridgehead atoms. The zero-order chi connectivity index (χ0) is 44.1. The van der Waals surface area contributed by atoms with Crippen LogP contribution in [0, 0.1) is 0 Å². The third-order valence-corrected chi connectivity index (χ3v) is 11.4. The van der Waals surface area contributed by atoms with E-state index in [1.807, 2.05) is 98.8 Å². The van der Waals surface area contributed by atoms with Crippen LogP contribution in [0.4, 0.5) is 0 Å². The number of hydrogen-bond acceptors (Lipinski definition) is 6. The maximum atomic E-state index is 13.0. The molecule has 0 atom stereocenters. The number of carbonyl (C=O) groups is 4. The number of ether oxygens (including phenoxy) is 2. The molecule has 0 aliphatic carbocycles. The van der Waals surface area contributed by atoms with Gasteiger partial charge < -0.3 is 9.47 Å². The SMILES string of the molecule is CC.COc1cc2c(c3ccccc13)OC(c1ccc(-c3ccc(C(=O)C(=O)c4ccccc4)cc3)cc1)(c1ccc(-c3ccc(C(=O)C(=O)c4ccccc4)cc3)cc1)C=C2C. The van der Waals surface area contributed by atoms with E-state index in [4.69, 9.17) is 9.47 Å². The molecule has 0 spiro atoms. The fraction of sp³-hybridized carbons (Fsp3) is 0.0877. The molecule has 6 nitrogen and oxygen atoms in total. The van der Waals surface area contributed by atoms with Crippen molar-refractivity contribution in [3.05, 3.63) is 233 Å². The Balaban J connectivity index is 0.00000268. The molecule has 0 radical (unpaired) electrons. The number of fused-ring (bicyclic) bond motifs is 3.